The highest BCUT2D eigenvalue weighted by molar-refractivity contribution is 9.10. The van der Waals surface area contributed by atoms with E-state index in [-0.39, 0.29) is 23.8 Å². The summed E-state index contributed by atoms with van der Waals surface area (Å²) in [6.07, 6.45) is 2.39. The van der Waals surface area contributed by atoms with Crippen LogP contribution in [-0.4, -0.2) is 46.7 Å². The molecule has 1 aromatic rings. The Balaban J connectivity index is 1.56. The molecule has 2 fully saturated rings. The minimum atomic E-state index is -0.0620. The first-order valence-electron chi connectivity index (χ1n) is 7.92. The van der Waals surface area contributed by atoms with E-state index < -0.39 is 0 Å². The number of hydrogen-bond donors (Lipinski definition) is 0. The van der Waals surface area contributed by atoms with E-state index in [0.717, 1.165) is 10.0 Å². The van der Waals surface area contributed by atoms with Crippen molar-refractivity contribution in [2.24, 2.45) is 0 Å². The first-order chi connectivity index (χ1) is 11.1. The second-order valence-electron chi connectivity index (χ2n) is 6.04. The Morgan fingerprint density at radius 1 is 1.09 bits per heavy atom. The highest BCUT2D eigenvalue weighted by atomic mass is 79.9. The number of carbonyl (C=O) groups excluding carboxylic acids is 3. The molecule has 0 unspecified atom stereocenters. The number of piperidine rings is 1. The second kappa shape index (κ2) is 6.83. The zero-order chi connectivity index (χ0) is 16.4. The first-order valence-corrected chi connectivity index (χ1v) is 8.71. The number of halogens is 1. The fourth-order valence-corrected chi connectivity index (χ4v) is 3.72. The molecule has 2 aliphatic heterocycles. The van der Waals surface area contributed by atoms with Crippen molar-refractivity contribution in [3.8, 4) is 0 Å². The van der Waals surface area contributed by atoms with E-state index in [0.29, 0.717) is 45.2 Å². The monoisotopic (exact) mass is 378 g/mol. The van der Waals surface area contributed by atoms with Gasteiger partial charge >= 0.3 is 0 Å². The average molecular weight is 379 g/mol. The molecular formula is C17H19BrN2O3. The molecule has 122 valence electrons. The summed E-state index contributed by atoms with van der Waals surface area (Å²) in [4.78, 5) is 39.3. The topological polar surface area (TPSA) is 57.7 Å². The summed E-state index contributed by atoms with van der Waals surface area (Å²) in [7, 11) is 0. The van der Waals surface area contributed by atoms with Gasteiger partial charge < -0.3 is 4.90 Å². The number of rotatable bonds is 3. The summed E-state index contributed by atoms with van der Waals surface area (Å²) < 4.78 is 0.941. The van der Waals surface area contributed by atoms with Gasteiger partial charge in [-0.1, -0.05) is 34.1 Å². The van der Waals surface area contributed by atoms with Crippen LogP contribution in [0.3, 0.4) is 0 Å². The summed E-state index contributed by atoms with van der Waals surface area (Å²) >= 11 is 3.46. The number of benzene rings is 1. The molecule has 0 N–H and O–H groups in total. The highest BCUT2D eigenvalue weighted by Crippen LogP contribution is 2.24. The van der Waals surface area contributed by atoms with Crippen molar-refractivity contribution in [3.05, 3.63) is 34.3 Å². The minimum Gasteiger partial charge on any atom is -0.342 e. The summed E-state index contributed by atoms with van der Waals surface area (Å²) in [5.41, 5.74) is 0.976. The van der Waals surface area contributed by atoms with Gasteiger partial charge in [-0.2, -0.15) is 0 Å². The number of nitrogens with zero attached hydrogens (tertiary/aromatic N) is 2. The van der Waals surface area contributed by atoms with Gasteiger partial charge in [0.1, 0.15) is 0 Å². The highest BCUT2D eigenvalue weighted by Gasteiger charge is 2.37. The number of hydrogen-bond acceptors (Lipinski definition) is 3. The maximum absolute atomic E-state index is 12.4. The molecule has 3 amide bonds. The Morgan fingerprint density at radius 2 is 1.70 bits per heavy atom. The van der Waals surface area contributed by atoms with Gasteiger partial charge in [0.15, 0.2) is 0 Å². The lowest BCUT2D eigenvalue weighted by Crippen LogP contribution is -2.48. The fraction of sp³-hybridized carbons (Fsp3) is 0.471. The molecule has 2 aliphatic rings. The lowest BCUT2D eigenvalue weighted by atomic mass is 10.0. The van der Waals surface area contributed by atoms with Crippen LogP contribution in [0.1, 0.15) is 31.2 Å². The van der Waals surface area contributed by atoms with E-state index in [4.69, 9.17) is 0 Å². The normalized spacial score (nSPS) is 19.5. The predicted octanol–water partition coefficient (Wildman–Crippen LogP) is 2.13. The van der Waals surface area contributed by atoms with E-state index in [1.807, 2.05) is 29.2 Å². The van der Waals surface area contributed by atoms with Crippen molar-refractivity contribution in [3.63, 3.8) is 0 Å². The maximum Gasteiger partial charge on any atom is 0.229 e. The van der Waals surface area contributed by atoms with Crippen molar-refractivity contribution >= 4 is 33.7 Å². The third-order valence-corrected chi connectivity index (χ3v) is 5.35. The smallest absolute Gasteiger partial charge is 0.229 e. The molecule has 0 spiro atoms. The van der Waals surface area contributed by atoms with E-state index in [2.05, 4.69) is 15.9 Å². The van der Waals surface area contributed by atoms with Crippen molar-refractivity contribution in [2.75, 3.05) is 13.1 Å². The quantitative estimate of drug-likeness (QED) is 0.757. The summed E-state index contributed by atoms with van der Waals surface area (Å²) in [6.45, 7) is 1.20. The number of likely N-dealkylation sites (tertiary alicyclic amines) is 2. The molecule has 5 nitrogen and oxygen atoms in total. The Morgan fingerprint density at radius 3 is 2.30 bits per heavy atom. The van der Waals surface area contributed by atoms with Crippen molar-refractivity contribution < 1.29 is 14.4 Å². The number of carbonyl (C=O) groups is 3. The van der Waals surface area contributed by atoms with Crippen LogP contribution in [0.25, 0.3) is 0 Å². The Kier molecular flexibility index (Phi) is 4.80. The maximum atomic E-state index is 12.4. The summed E-state index contributed by atoms with van der Waals surface area (Å²) in [6, 6.07) is 7.68. The standard InChI is InChI=1S/C17H19BrN2O3/c18-14-4-2-1-3-12(14)11-17(23)19-9-7-13(8-10-19)20-15(21)5-6-16(20)22/h1-4,13H,5-11H2. The lowest BCUT2D eigenvalue weighted by Gasteiger charge is -2.35. The lowest BCUT2D eigenvalue weighted by molar-refractivity contribution is -0.142. The van der Waals surface area contributed by atoms with Crippen LogP contribution in [0, 0.1) is 0 Å². The molecule has 1 aromatic carbocycles. The van der Waals surface area contributed by atoms with E-state index >= 15 is 0 Å². The van der Waals surface area contributed by atoms with Crippen LogP contribution >= 0.6 is 15.9 Å². The summed E-state index contributed by atoms with van der Waals surface area (Å²) in [5.74, 6) is -0.0320. The molecule has 2 saturated heterocycles. The Labute approximate surface area is 143 Å². The van der Waals surface area contributed by atoms with Gasteiger partial charge in [0.05, 0.1) is 6.42 Å². The summed E-state index contributed by atoms with van der Waals surface area (Å²) in [5, 5.41) is 0. The van der Waals surface area contributed by atoms with Crippen molar-refractivity contribution in [1.29, 1.82) is 0 Å². The predicted molar refractivity (Wildman–Crippen MR) is 88.5 cm³/mol. The van der Waals surface area contributed by atoms with Crippen LogP contribution in [-0.2, 0) is 20.8 Å². The molecule has 0 saturated carbocycles. The molecule has 2 heterocycles. The molecule has 23 heavy (non-hydrogen) atoms. The van der Waals surface area contributed by atoms with Gasteiger partial charge in [0.25, 0.3) is 0 Å². The van der Waals surface area contributed by atoms with Crippen LogP contribution in [0.5, 0.6) is 0 Å². The largest absolute Gasteiger partial charge is 0.342 e. The molecular weight excluding hydrogens is 360 g/mol. The second-order valence-corrected chi connectivity index (χ2v) is 6.89. The van der Waals surface area contributed by atoms with Crippen molar-refractivity contribution in [2.45, 2.75) is 38.1 Å². The number of amides is 3. The zero-order valence-corrected chi connectivity index (χ0v) is 14.4. The van der Waals surface area contributed by atoms with Crippen LogP contribution in [0.15, 0.2) is 28.7 Å². The third kappa shape index (κ3) is 3.47. The Hall–Kier alpha value is -1.69. The SMILES string of the molecule is O=C(Cc1ccccc1Br)N1CCC(N2C(=O)CCC2=O)CC1. The van der Waals surface area contributed by atoms with Crippen LogP contribution in [0.2, 0.25) is 0 Å². The van der Waals surface area contributed by atoms with E-state index in [1.165, 1.54) is 4.90 Å². The zero-order valence-electron chi connectivity index (χ0n) is 12.8. The van der Waals surface area contributed by atoms with Gasteiger partial charge in [0, 0.05) is 36.4 Å². The fourth-order valence-electron chi connectivity index (χ4n) is 3.29. The van der Waals surface area contributed by atoms with Gasteiger partial charge in [-0.25, -0.2) is 0 Å². The first kappa shape index (κ1) is 16.2. The van der Waals surface area contributed by atoms with Gasteiger partial charge in [-0.05, 0) is 24.5 Å². The van der Waals surface area contributed by atoms with Gasteiger partial charge in [0.2, 0.25) is 17.7 Å². The van der Waals surface area contributed by atoms with E-state index in [1.54, 1.807) is 0 Å². The van der Waals surface area contributed by atoms with Crippen LogP contribution < -0.4 is 0 Å². The van der Waals surface area contributed by atoms with E-state index in [9.17, 15) is 14.4 Å². The molecule has 0 atom stereocenters. The molecule has 0 radical (unpaired) electrons. The minimum absolute atomic E-state index is 0.0370. The van der Waals surface area contributed by atoms with Crippen molar-refractivity contribution in [1.82, 2.24) is 9.80 Å². The number of imide groups is 1. The average Bonchev–Trinajstić information content (AvgIpc) is 2.88. The molecule has 0 aromatic heterocycles. The Bertz CT molecular complexity index is 622. The van der Waals surface area contributed by atoms with Gasteiger partial charge in [-0.3, -0.25) is 19.3 Å². The third-order valence-electron chi connectivity index (χ3n) is 4.57. The molecule has 0 aliphatic carbocycles. The van der Waals surface area contributed by atoms with Gasteiger partial charge in [-0.15, -0.1) is 0 Å². The molecule has 3 rings (SSSR count). The van der Waals surface area contributed by atoms with Crippen LogP contribution in [0.4, 0.5) is 0 Å². The molecule has 0 bridgehead atoms. The molecule has 6 heteroatoms.